The van der Waals surface area contributed by atoms with E-state index in [0.717, 1.165) is 18.8 Å². The molecule has 0 aromatic heterocycles. The van der Waals surface area contributed by atoms with Gasteiger partial charge in [0.15, 0.2) is 0 Å². The molecule has 2 rings (SSSR count). The Morgan fingerprint density at radius 3 is 2.31 bits per heavy atom. The largest absolute Gasteiger partial charge is 0.396 e. The lowest BCUT2D eigenvalue weighted by molar-refractivity contribution is -0.0104. The maximum atomic E-state index is 9.52. The van der Waals surface area contributed by atoms with Crippen LogP contribution in [0.2, 0.25) is 0 Å². The summed E-state index contributed by atoms with van der Waals surface area (Å²) < 4.78 is 0. The Kier molecular flexibility index (Phi) is 3.57. The molecule has 2 fully saturated rings. The van der Waals surface area contributed by atoms with Gasteiger partial charge in [-0.25, -0.2) is 0 Å². The van der Waals surface area contributed by atoms with Gasteiger partial charge in [0.25, 0.3) is 0 Å². The molecule has 0 bridgehead atoms. The van der Waals surface area contributed by atoms with Crippen molar-refractivity contribution in [2.24, 2.45) is 28.7 Å². The smallest absolute Gasteiger partial charge is 0.0502 e. The zero-order valence-corrected chi connectivity index (χ0v) is 10.4. The zero-order valence-electron chi connectivity index (χ0n) is 10.4. The molecule has 4 atom stereocenters. The number of rotatable bonds is 5. The highest BCUT2D eigenvalue weighted by Gasteiger charge is 2.48. The van der Waals surface area contributed by atoms with E-state index in [1.165, 1.54) is 25.7 Å². The molecule has 2 aliphatic carbocycles. The van der Waals surface area contributed by atoms with E-state index in [4.69, 9.17) is 11.5 Å². The molecule has 16 heavy (non-hydrogen) atoms. The lowest BCUT2D eigenvalue weighted by Gasteiger charge is -2.51. The van der Waals surface area contributed by atoms with Gasteiger partial charge in [-0.2, -0.15) is 0 Å². The minimum atomic E-state index is -0.0483. The predicted octanol–water partition coefficient (Wildman–Crippen LogP) is 1.24. The van der Waals surface area contributed by atoms with Gasteiger partial charge in [0.05, 0.1) is 6.61 Å². The van der Waals surface area contributed by atoms with E-state index in [-0.39, 0.29) is 24.1 Å². The summed E-state index contributed by atoms with van der Waals surface area (Å²) in [6.07, 6.45) is 7.08. The summed E-state index contributed by atoms with van der Waals surface area (Å²) in [7, 11) is 0. The van der Waals surface area contributed by atoms with Crippen LogP contribution in [0.15, 0.2) is 0 Å². The molecule has 0 spiro atoms. The van der Waals surface area contributed by atoms with Crippen molar-refractivity contribution >= 4 is 0 Å². The van der Waals surface area contributed by atoms with Crippen molar-refractivity contribution in [3.63, 3.8) is 0 Å². The first-order valence-corrected chi connectivity index (χ1v) is 6.76. The van der Waals surface area contributed by atoms with Crippen molar-refractivity contribution in [2.45, 2.75) is 57.5 Å². The van der Waals surface area contributed by atoms with Crippen LogP contribution in [-0.4, -0.2) is 23.8 Å². The molecule has 0 radical (unpaired) electrons. The molecule has 0 amide bonds. The number of hydrogen-bond acceptors (Lipinski definition) is 3. The van der Waals surface area contributed by atoms with Crippen LogP contribution in [0.25, 0.3) is 0 Å². The fourth-order valence-electron chi connectivity index (χ4n) is 3.51. The predicted molar refractivity (Wildman–Crippen MR) is 65.8 cm³/mol. The Hall–Kier alpha value is -0.120. The van der Waals surface area contributed by atoms with Crippen LogP contribution < -0.4 is 11.5 Å². The molecule has 3 nitrogen and oxygen atoms in total. The third kappa shape index (κ3) is 1.79. The van der Waals surface area contributed by atoms with Crippen LogP contribution in [0.5, 0.6) is 0 Å². The van der Waals surface area contributed by atoms with E-state index in [9.17, 15) is 5.11 Å². The monoisotopic (exact) mass is 226 g/mol. The van der Waals surface area contributed by atoms with Gasteiger partial charge in [-0.15, -0.1) is 0 Å². The molecule has 4 unspecified atom stereocenters. The highest BCUT2D eigenvalue weighted by molar-refractivity contribution is 5.03. The van der Waals surface area contributed by atoms with E-state index in [2.05, 4.69) is 6.92 Å². The molecule has 0 heterocycles. The number of aliphatic hydroxyl groups is 1. The molecule has 0 saturated heterocycles. The first kappa shape index (κ1) is 12.3. The van der Waals surface area contributed by atoms with Crippen LogP contribution in [0.1, 0.15) is 45.4 Å². The van der Waals surface area contributed by atoms with Gasteiger partial charge in [0.2, 0.25) is 0 Å². The van der Waals surface area contributed by atoms with Crippen LogP contribution in [-0.2, 0) is 0 Å². The molecule has 5 N–H and O–H groups in total. The van der Waals surface area contributed by atoms with Gasteiger partial charge < -0.3 is 16.6 Å². The van der Waals surface area contributed by atoms with Gasteiger partial charge in [0, 0.05) is 17.5 Å². The fourth-order valence-corrected chi connectivity index (χ4v) is 3.51. The molecule has 0 aromatic carbocycles. The average Bonchev–Trinajstić information content (AvgIpc) is 2.15. The van der Waals surface area contributed by atoms with Crippen LogP contribution in [0, 0.1) is 17.3 Å². The Balaban J connectivity index is 1.95. The summed E-state index contributed by atoms with van der Waals surface area (Å²) in [5.74, 6) is 1.38. The molecule has 2 aliphatic rings. The van der Waals surface area contributed by atoms with E-state index in [1.54, 1.807) is 0 Å². The second kappa shape index (κ2) is 4.63. The average molecular weight is 226 g/mol. The summed E-state index contributed by atoms with van der Waals surface area (Å²) >= 11 is 0. The summed E-state index contributed by atoms with van der Waals surface area (Å²) in [6, 6.07) is 0.0803. The Bertz CT molecular complexity index is 233. The molecular weight excluding hydrogens is 200 g/mol. The first-order chi connectivity index (χ1) is 7.64. The van der Waals surface area contributed by atoms with Crippen molar-refractivity contribution in [3.05, 3.63) is 0 Å². The van der Waals surface area contributed by atoms with Crippen molar-refractivity contribution in [1.29, 1.82) is 0 Å². The Labute approximate surface area is 98.6 Å². The van der Waals surface area contributed by atoms with Crippen LogP contribution >= 0.6 is 0 Å². The minimum Gasteiger partial charge on any atom is -0.396 e. The molecule has 2 saturated carbocycles. The Morgan fingerprint density at radius 1 is 1.31 bits per heavy atom. The number of hydrogen-bond donors (Lipinski definition) is 3. The summed E-state index contributed by atoms with van der Waals surface area (Å²) in [5, 5.41) is 9.52. The van der Waals surface area contributed by atoms with Crippen LogP contribution in [0.3, 0.4) is 0 Å². The minimum absolute atomic E-state index is 0.00870. The molecule has 0 aliphatic heterocycles. The van der Waals surface area contributed by atoms with Crippen LogP contribution in [0.4, 0.5) is 0 Å². The Morgan fingerprint density at radius 2 is 2.00 bits per heavy atom. The second-order valence-electron chi connectivity index (χ2n) is 5.89. The summed E-state index contributed by atoms with van der Waals surface area (Å²) in [5.41, 5.74) is 12.6. The lowest BCUT2D eigenvalue weighted by Crippen LogP contribution is -2.62. The van der Waals surface area contributed by atoms with Crippen molar-refractivity contribution < 1.29 is 5.11 Å². The topological polar surface area (TPSA) is 72.3 Å². The van der Waals surface area contributed by atoms with Crippen molar-refractivity contribution in [1.82, 2.24) is 0 Å². The van der Waals surface area contributed by atoms with E-state index in [0.29, 0.717) is 5.92 Å². The van der Waals surface area contributed by atoms with Gasteiger partial charge >= 0.3 is 0 Å². The normalized spacial score (nSPS) is 36.0. The van der Waals surface area contributed by atoms with Gasteiger partial charge in [-0.1, -0.05) is 19.8 Å². The van der Waals surface area contributed by atoms with E-state index < -0.39 is 0 Å². The maximum Gasteiger partial charge on any atom is 0.0502 e. The van der Waals surface area contributed by atoms with E-state index in [1.807, 2.05) is 0 Å². The van der Waals surface area contributed by atoms with Gasteiger partial charge in [-0.05, 0) is 37.5 Å². The SMILES string of the molecule is CCC1CCC1C(N)C(N)C1(CO)CCC1. The molecule has 0 aromatic rings. The maximum absolute atomic E-state index is 9.52. The van der Waals surface area contributed by atoms with Gasteiger partial charge in [0.1, 0.15) is 0 Å². The first-order valence-electron chi connectivity index (χ1n) is 6.76. The van der Waals surface area contributed by atoms with Gasteiger partial charge in [-0.3, -0.25) is 0 Å². The number of nitrogens with two attached hydrogens (primary N) is 2. The van der Waals surface area contributed by atoms with E-state index >= 15 is 0 Å². The number of aliphatic hydroxyl groups excluding tert-OH is 1. The quantitative estimate of drug-likeness (QED) is 0.660. The fraction of sp³-hybridized carbons (Fsp3) is 1.00. The second-order valence-corrected chi connectivity index (χ2v) is 5.89. The zero-order chi connectivity index (χ0) is 11.8. The summed E-state index contributed by atoms with van der Waals surface area (Å²) in [4.78, 5) is 0. The third-order valence-electron chi connectivity index (χ3n) is 5.28. The lowest BCUT2D eigenvalue weighted by atomic mass is 9.58. The summed E-state index contributed by atoms with van der Waals surface area (Å²) in [6.45, 7) is 2.45. The molecular formula is C13H26N2O. The standard InChI is InChI=1S/C13H26N2O/c1-2-9-4-5-10(9)11(14)12(15)13(8-16)6-3-7-13/h9-12,16H,2-8,14-15H2,1H3. The van der Waals surface area contributed by atoms with Crippen molar-refractivity contribution in [2.75, 3.05) is 6.61 Å². The third-order valence-corrected chi connectivity index (χ3v) is 5.28. The molecule has 94 valence electrons. The highest BCUT2D eigenvalue weighted by Crippen LogP contribution is 2.47. The van der Waals surface area contributed by atoms with Crippen molar-refractivity contribution in [3.8, 4) is 0 Å². The molecule has 3 heteroatoms. The highest BCUT2D eigenvalue weighted by atomic mass is 16.3.